The van der Waals surface area contributed by atoms with E-state index >= 15 is 0 Å². The Balaban J connectivity index is 1.67. The summed E-state index contributed by atoms with van der Waals surface area (Å²) >= 11 is 0. The van der Waals surface area contributed by atoms with E-state index in [9.17, 15) is 18.0 Å². The number of aromatic nitrogens is 4. The first-order valence-corrected chi connectivity index (χ1v) is 8.44. The number of alkyl halides is 3. The monoisotopic (exact) mass is 402 g/mol. The second-order valence-electron chi connectivity index (χ2n) is 6.29. The van der Waals surface area contributed by atoms with Gasteiger partial charge in [-0.05, 0) is 42.3 Å². The number of rotatable bonds is 4. The maximum Gasteiger partial charge on any atom is 0.573 e. The minimum absolute atomic E-state index is 0.104. The molecule has 0 fully saturated rings. The molecule has 2 aromatic heterocycles. The largest absolute Gasteiger partial charge is 0.573 e. The molecule has 0 atom stereocenters. The number of nitrogens with zero attached hydrogens (tertiary/aromatic N) is 4. The minimum Gasteiger partial charge on any atom is -0.406 e. The first kappa shape index (κ1) is 18.7. The van der Waals surface area contributed by atoms with Gasteiger partial charge in [0.1, 0.15) is 22.7 Å². The van der Waals surface area contributed by atoms with Gasteiger partial charge in [-0.2, -0.15) is 0 Å². The van der Waals surface area contributed by atoms with Crippen LogP contribution in [0.1, 0.15) is 11.5 Å². The number of aryl methyl sites for hydroxylation is 1. The van der Waals surface area contributed by atoms with Crippen LogP contribution in [0, 0.1) is 6.92 Å². The molecule has 29 heavy (non-hydrogen) atoms. The summed E-state index contributed by atoms with van der Waals surface area (Å²) < 4.78 is 46.9. The molecule has 7 nitrogen and oxygen atoms in total. The Morgan fingerprint density at radius 1 is 1.07 bits per heavy atom. The van der Waals surface area contributed by atoms with Crippen LogP contribution >= 0.6 is 0 Å². The average molecular weight is 402 g/mol. The van der Waals surface area contributed by atoms with E-state index in [0.717, 1.165) is 0 Å². The van der Waals surface area contributed by atoms with E-state index in [4.69, 9.17) is 4.52 Å². The summed E-state index contributed by atoms with van der Waals surface area (Å²) in [6.45, 7) is 1.84. The van der Waals surface area contributed by atoms with Crippen molar-refractivity contribution in [3.05, 3.63) is 70.3 Å². The fraction of sp³-hybridized carbons (Fsp3) is 0.158. The van der Waals surface area contributed by atoms with Gasteiger partial charge >= 0.3 is 6.36 Å². The number of benzene rings is 2. The zero-order valence-corrected chi connectivity index (χ0v) is 15.0. The highest BCUT2D eigenvalue weighted by atomic mass is 19.4. The van der Waals surface area contributed by atoms with Crippen molar-refractivity contribution in [1.29, 1.82) is 0 Å². The van der Waals surface area contributed by atoms with Crippen LogP contribution in [-0.4, -0.2) is 26.5 Å². The molecule has 0 amide bonds. The highest BCUT2D eigenvalue weighted by Gasteiger charge is 2.30. The normalized spacial score (nSPS) is 11.7. The number of hydrogen-bond acceptors (Lipinski definition) is 6. The Bertz CT molecular complexity index is 1230. The van der Waals surface area contributed by atoms with E-state index in [-0.39, 0.29) is 17.9 Å². The summed E-state index contributed by atoms with van der Waals surface area (Å²) in [6, 6.07) is 12.0. The molecule has 0 saturated heterocycles. The number of hydrogen-bond donors (Lipinski definition) is 0. The Morgan fingerprint density at radius 3 is 2.45 bits per heavy atom. The molecule has 0 aliphatic carbocycles. The van der Waals surface area contributed by atoms with Crippen molar-refractivity contribution in [3.63, 3.8) is 0 Å². The lowest BCUT2D eigenvalue weighted by Gasteiger charge is -2.09. The molecule has 4 rings (SSSR count). The van der Waals surface area contributed by atoms with Crippen LogP contribution in [-0.2, 0) is 6.54 Å². The highest BCUT2D eigenvalue weighted by Crippen LogP contribution is 2.27. The van der Waals surface area contributed by atoms with Crippen molar-refractivity contribution in [3.8, 4) is 16.9 Å². The van der Waals surface area contributed by atoms with E-state index in [0.29, 0.717) is 33.5 Å². The lowest BCUT2D eigenvalue weighted by Crippen LogP contribution is -2.25. The second-order valence-corrected chi connectivity index (χ2v) is 6.29. The van der Waals surface area contributed by atoms with Crippen LogP contribution < -0.4 is 10.3 Å². The molecule has 0 saturated carbocycles. The summed E-state index contributed by atoms with van der Waals surface area (Å²) in [4.78, 5) is 12.8. The van der Waals surface area contributed by atoms with Crippen LogP contribution in [0.3, 0.4) is 0 Å². The number of halogens is 3. The fourth-order valence-corrected chi connectivity index (χ4v) is 2.85. The third-order valence-electron chi connectivity index (χ3n) is 4.13. The molecule has 2 heterocycles. The lowest BCUT2D eigenvalue weighted by atomic mass is 10.0. The molecule has 0 N–H and O–H groups in total. The van der Waals surface area contributed by atoms with Crippen LogP contribution in [0.5, 0.6) is 5.75 Å². The molecule has 0 aliphatic rings. The van der Waals surface area contributed by atoms with Gasteiger partial charge in [-0.1, -0.05) is 28.6 Å². The summed E-state index contributed by atoms with van der Waals surface area (Å²) in [6.07, 6.45) is -4.75. The molecule has 4 aromatic rings. The van der Waals surface area contributed by atoms with Crippen LogP contribution in [0.2, 0.25) is 0 Å². The number of ether oxygens (including phenoxy) is 1. The van der Waals surface area contributed by atoms with Crippen molar-refractivity contribution in [2.24, 2.45) is 0 Å². The van der Waals surface area contributed by atoms with E-state index < -0.39 is 6.36 Å². The van der Waals surface area contributed by atoms with E-state index in [2.05, 4.69) is 20.2 Å². The van der Waals surface area contributed by atoms with Crippen molar-refractivity contribution in [2.45, 2.75) is 19.8 Å². The molecule has 10 heteroatoms. The lowest BCUT2D eigenvalue weighted by molar-refractivity contribution is -0.274. The molecule has 0 unspecified atom stereocenters. The first-order chi connectivity index (χ1) is 13.8. The van der Waals surface area contributed by atoms with Gasteiger partial charge in [-0.3, -0.25) is 4.79 Å². The van der Waals surface area contributed by atoms with Gasteiger partial charge in [-0.15, -0.1) is 18.3 Å². The standard InChI is InChI=1S/C19H13F3N4O3/c1-11-8-14(24-29-11)10-26-18(27)16-9-13(4-7-17(16)23-25-26)12-2-5-15(6-3-12)28-19(20,21)22/h2-9H,10H2,1H3. The zero-order valence-electron chi connectivity index (χ0n) is 15.0. The van der Waals surface area contributed by atoms with E-state index in [1.807, 2.05) is 0 Å². The zero-order chi connectivity index (χ0) is 20.6. The van der Waals surface area contributed by atoms with E-state index in [1.54, 1.807) is 31.2 Å². The molecule has 0 spiro atoms. The SMILES string of the molecule is Cc1cc(Cn2nnc3ccc(-c4ccc(OC(F)(F)F)cc4)cc3c2=O)no1. The second kappa shape index (κ2) is 7.04. The van der Waals surface area contributed by atoms with Crippen LogP contribution in [0.15, 0.2) is 57.8 Å². The quantitative estimate of drug-likeness (QED) is 0.518. The van der Waals surface area contributed by atoms with Crippen molar-refractivity contribution in [2.75, 3.05) is 0 Å². The summed E-state index contributed by atoms with van der Waals surface area (Å²) in [5, 5.41) is 12.1. The molecular weight excluding hydrogens is 389 g/mol. The Kier molecular flexibility index (Phi) is 4.53. The molecular formula is C19H13F3N4O3. The molecule has 148 valence electrons. The smallest absolute Gasteiger partial charge is 0.406 e. The summed E-state index contributed by atoms with van der Waals surface area (Å²) in [5.41, 5.74) is 1.84. The van der Waals surface area contributed by atoms with Crippen molar-refractivity contribution >= 4 is 10.9 Å². The molecule has 0 bridgehead atoms. The fourth-order valence-electron chi connectivity index (χ4n) is 2.85. The Hall–Kier alpha value is -3.69. The maximum atomic E-state index is 12.8. The van der Waals surface area contributed by atoms with E-state index in [1.165, 1.54) is 28.9 Å². The Morgan fingerprint density at radius 2 is 1.79 bits per heavy atom. The topological polar surface area (TPSA) is 83.0 Å². The number of fused-ring (bicyclic) bond motifs is 1. The third kappa shape index (κ3) is 4.10. The van der Waals surface area contributed by atoms with Crippen LogP contribution in [0.25, 0.3) is 22.0 Å². The maximum absolute atomic E-state index is 12.8. The minimum atomic E-state index is -4.75. The molecule has 2 aromatic carbocycles. The van der Waals surface area contributed by atoms with Gasteiger partial charge in [0.05, 0.1) is 11.9 Å². The van der Waals surface area contributed by atoms with Gasteiger partial charge < -0.3 is 9.26 Å². The van der Waals surface area contributed by atoms with Gasteiger partial charge in [0, 0.05) is 6.07 Å². The van der Waals surface area contributed by atoms with Crippen LogP contribution in [0.4, 0.5) is 13.2 Å². The van der Waals surface area contributed by atoms with Gasteiger partial charge in [0.15, 0.2) is 0 Å². The predicted molar refractivity (Wildman–Crippen MR) is 96.3 cm³/mol. The first-order valence-electron chi connectivity index (χ1n) is 8.44. The van der Waals surface area contributed by atoms with Gasteiger partial charge in [-0.25, -0.2) is 4.68 Å². The average Bonchev–Trinajstić information content (AvgIpc) is 3.08. The van der Waals surface area contributed by atoms with Crippen molar-refractivity contribution in [1.82, 2.24) is 20.2 Å². The third-order valence-corrected chi connectivity index (χ3v) is 4.13. The highest BCUT2D eigenvalue weighted by molar-refractivity contribution is 5.83. The summed E-state index contributed by atoms with van der Waals surface area (Å²) in [5.74, 6) is 0.292. The van der Waals surface area contributed by atoms with Gasteiger partial charge in [0.2, 0.25) is 0 Å². The van der Waals surface area contributed by atoms with Crippen molar-refractivity contribution < 1.29 is 22.4 Å². The Labute approximate surface area is 161 Å². The summed E-state index contributed by atoms with van der Waals surface area (Å²) in [7, 11) is 0. The van der Waals surface area contributed by atoms with Gasteiger partial charge in [0.25, 0.3) is 5.56 Å². The molecule has 0 aliphatic heterocycles. The molecule has 0 radical (unpaired) electrons. The predicted octanol–water partition coefficient (Wildman–Crippen LogP) is 3.70.